The van der Waals surface area contributed by atoms with Gasteiger partial charge in [0.2, 0.25) is 5.88 Å². The van der Waals surface area contributed by atoms with E-state index in [2.05, 4.69) is 22.2 Å². The number of halogens is 3. The van der Waals surface area contributed by atoms with Crippen LogP contribution in [-0.4, -0.2) is 29.0 Å². The second-order valence-electron chi connectivity index (χ2n) is 8.79. The summed E-state index contributed by atoms with van der Waals surface area (Å²) in [6.07, 6.45) is 2.86. The largest absolute Gasteiger partial charge is 0.481 e. The van der Waals surface area contributed by atoms with Crippen molar-refractivity contribution in [2.24, 2.45) is 5.92 Å². The number of amides is 1. The highest BCUT2D eigenvalue weighted by Crippen LogP contribution is 2.41. The Balaban J connectivity index is 1.45. The van der Waals surface area contributed by atoms with Crippen molar-refractivity contribution in [2.75, 3.05) is 7.11 Å². The summed E-state index contributed by atoms with van der Waals surface area (Å²) in [5.74, 6) is 0.774. The van der Waals surface area contributed by atoms with Crippen LogP contribution in [0.25, 0.3) is 10.9 Å². The van der Waals surface area contributed by atoms with Gasteiger partial charge in [-0.1, -0.05) is 19.1 Å². The number of nitrogens with one attached hydrogen (secondary N) is 1. The minimum absolute atomic E-state index is 0.0152. The molecule has 0 unspecified atom stereocenters. The number of rotatable bonds is 6. The lowest BCUT2D eigenvalue weighted by Crippen LogP contribution is -2.41. The Bertz CT molecular complexity index is 1140. The summed E-state index contributed by atoms with van der Waals surface area (Å²) in [5, 5.41) is 3.72. The van der Waals surface area contributed by atoms with Gasteiger partial charge in [0.05, 0.1) is 23.8 Å². The van der Waals surface area contributed by atoms with Crippen LogP contribution in [0.15, 0.2) is 48.8 Å². The van der Waals surface area contributed by atoms with Crippen LogP contribution in [0.4, 0.5) is 13.2 Å². The number of nitrogens with zero attached hydrogens (tertiary/aromatic N) is 2. The van der Waals surface area contributed by atoms with E-state index in [9.17, 15) is 18.0 Å². The van der Waals surface area contributed by atoms with Crippen LogP contribution < -0.4 is 10.1 Å². The molecule has 0 bridgehead atoms. The zero-order valence-electron chi connectivity index (χ0n) is 19.2. The van der Waals surface area contributed by atoms with Gasteiger partial charge in [-0.15, -0.1) is 0 Å². The second kappa shape index (κ2) is 9.99. The molecule has 1 amide bonds. The minimum Gasteiger partial charge on any atom is -0.481 e. The van der Waals surface area contributed by atoms with E-state index in [1.54, 1.807) is 18.2 Å². The van der Waals surface area contributed by atoms with Gasteiger partial charge in [0.15, 0.2) is 0 Å². The molecule has 8 heteroatoms. The predicted octanol–water partition coefficient (Wildman–Crippen LogP) is 6.14. The molecule has 180 valence electrons. The summed E-state index contributed by atoms with van der Waals surface area (Å²) in [6.45, 7) is 2.05. The molecule has 0 radical (unpaired) electrons. The molecule has 1 N–H and O–H groups in total. The van der Waals surface area contributed by atoms with Crippen molar-refractivity contribution in [1.29, 1.82) is 0 Å². The van der Waals surface area contributed by atoms with Crippen LogP contribution in [0.5, 0.6) is 5.88 Å². The minimum atomic E-state index is -4.44. The van der Waals surface area contributed by atoms with E-state index < -0.39 is 11.7 Å². The number of aromatic nitrogens is 2. The van der Waals surface area contributed by atoms with Gasteiger partial charge in [0.25, 0.3) is 5.91 Å². The maximum Gasteiger partial charge on any atom is 0.418 e. The number of carbonyl (C=O) groups is 1. The van der Waals surface area contributed by atoms with E-state index in [0.29, 0.717) is 22.7 Å². The standard InChI is InChI=1S/C26H28F3N3O2/c1-3-22(32-25(33)18-11-12-23(34-2)31-15-18)17-9-7-16(8-10-17)19-13-14-30-24-20(19)5-4-6-21(24)26(27,28)29/h4-6,11-17,22H,3,7-10H2,1-2H3,(H,32,33)/t16?,17?,22-/m0/s1. The van der Waals surface area contributed by atoms with Crippen molar-refractivity contribution >= 4 is 16.8 Å². The highest BCUT2D eigenvalue weighted by molar-refractivity contribution is 5.94. The number of hydrogen-bond acceptors (Lipinski definition) is 4. The number of ether oxygens (including phenoxy) is 1. The average Bonchev–Trinajstić information content (AvgIpc) is 2.86. The lowest BCUT2D eigenvalue weighted by atomic mass is 9.75. The number of benzene rings is 1. The van der Waals surface area contributed by atoms with Crippen molar-refractivity contribution in [2.45, 2.75) is 57.2 Å². The molecular weight excluding hydrogens is 443 g/mol. The maximum absolute atomic E-state index is 13.5. The smallest absolute Gasteiger partial charge is 0.418 e. The Kier molecular flexibility index (Phi) is 7.05. The van der Waals surface area contributed by atoms with Crippen molar-refractivity contribution in [3.8, 4) is 5.88 Å². The lowest BCUT2D eigenvalue weighted by molar-refractivity contribution is -0.136. The molecule has 2 heterocycles. The molecule has 1 aliphatic rings. The zero-order chi connectivity index (χ0) is 24.3. The fourth-order valence-electron chi connectivity index (χ4n) is 5.06. The molecule has 4 rings (SSSR count). The monoisotopic (exact) mass is 471 g/mol. The molecule has 1 aliphatic carbocycles. The molecule has 5 nitrogen and oxygen atoms in total. The third kappa shape index (κ3) is 5.00. The number of pyridine rings is 2. The molecule has 1 aromatic carbocycles. The molecule has 0 spiro atoms. The number of alkyl halides is 3. The normalized spacial score (nSPS) is 19.6. The summed E-state index contributed by atoms with van der Waals surface area (Å²) in [7, 11) is 1.52. The van der Waals surface area contributed by atoms with E-state index in [-0.39, 0.29) is 23.4 Å². The molecule has 0 aliphatic heterocycles. The second-order valence-corrected chi connectivity index (χ2v) is 8.79. The first kappa shape index (κ1) is 24.0. The van der Waals surface area contributed by atoms with E-state index >= 15 is 0 Å². The Morgan fingerprint density at radius 1 is 1.12 bits per heavy atom. The summed E-state index contributed by atoms with van der Waals surface area (Å²) in [5.41, 5.74) is 0.733. The quantitative estimate of drug-likeness (QED) is 0.469. The van der Waals surface area contributed by atoms with Gasteiger partial charge in [-0.3, -0.25) is 9.78 Å². The Hall–Kier alpha value is -3.16. The number of carbonyl (C=O) groups excluding carboxylic acids is 1. The SMILES string of the molecule is CC[C@H](NC(=O)c1ccc(OC)nc1)C1CCC(c2ccnc3c(C(F)(F)F)cccc23)CC1. The maximum atomic E-state index is 13.5. The van der Waals surface area contributed by atoms with E-state index in [4.69, 9.17) is 4.74 Å². The van der Waals surface area contributed by atoms with E-state index in [0.717, 1.165) is 43.7 Å². The first-order valence-electron chi connectivity index (χ1n) is 11.6. The Labute approximate surface area is 196 Å². The molecule has 1 fully saturated rings. The predicted molar refractivity (Wildman–Crippen MR) is 124 cm³/mol. The van der Waals surface area contributed by atoms with Crippen LogP contribution in [-0.2, 0) is 6.18 Å². The molecular formula is C26H28F3N3O2. The van der Waals surface area contributed by atoms with Crippen LogP contribution in [0, 0.1) is 5.92 Å². The average molecular weight is 472 g/mol. The van der Waals surface area contributed by atoms with Crippen LogP contribution in [0.2, 0.25) is 0 Å². The van der Waals surface area contributed by atoms with Crippen molar-refractivity contribution < 1.29 is 22.7 Å². The summed E-state index contributed by atoms with van der Waals surface area (Å²) in [6, 6.07) is 9.50. The van der Waals surface area contributed by atoms with Gasteiger partial charge in [-0.2, -0.15) is 13.2 Å². The third-order valence-corrected chi connectivity index (χ3v) is 6.85. The number of methoxy groups -OCH3 is 1. The fourth-order valence-corrected chi connectivity index (χ4v) is 5.06. The topological polar surface area (TPSA) is 64.1 Å². The van der Waals surface area contributed by atoms with Gasteiger partial charge >= 0.3 is 6.18 Å². The fraction of sp³-hybridized carbons (Fsp3) is 0.423. The first-order valence-corrected chi connectivity index (χ1v) is 11.6. The van der Waals surface area contributed by atoms with Gasteiger partial charge < -0.3 is 10.1 Å². The van der Waals surface area contributed by atoms with E-state index in [1.165, 1.54) is 25.6 Å². The van der Waals surface area contributed by atoms with Crippen LogP contribution in [0.1, 0.15) is 66.4 Å². The molecule has 0 saturated heterocycles. The van der Waals surface area contributed by atoms with Crippen molar-refractivity contribution in [3.05, 3.63) is 65.5 Å². The lowest BCUT2D eigenvalue weighted by Gasteiger charge is -2.34. The van der Waals surface area contributed by atoms with Crippen LogP contribution >= 0.6 is 0 Å². The number of para-hydroxylation sites is 1. The van der Waals surface area contributed by atoms with Crippen LogP contribution in [0.3, 0.4) is 0 Å². The Morgan fingerprint density at radius 2 is 1.88 bits per heavy atom. The summed E-state index contributed by atoms with van der Waals surface area (Å²) in [4.78, 5) is 20.9. The van der Waals surface area contributed by atoms with Crippen molar-refractivity contribution in [3.63, 3.8) is 0 Å². The molecule has 3 aromatic rings. The zero-order valence-corrected chi connectivity index (χ0v) is 19.2. The molecule has 1 atom stereocenters. The summed E-state index contributed by atoms with van der Waals surface area (Å²) >= 11 is 0. The van der Waals surface area contributed by atoms with Gasteiger partial charge in [0, 0.05) is 29.9 Å². The van der Waals surface area contributed by atoms with Gasteiger partial charge in [0.1, 0.15) is 0 Å². The summed E-state index contributed by atoms with van der Waals surface area (Å²) < 4.78 is 45.4. The van der Waals surface area contributed by atoms with Gasteiger partial charge in [-0.05, 0) is 67.7 Å². The van der Waals surface area contributed by atoms with Crippen molar-refractivity contribution in [1.82, 2.24) is 15.3 Å². The Morgan fingerprint density at radius 3 is 2.50 bits per heavy atom. The highest BCUT2D eigenvalue weighted by Gasteiger charge is 2.34. The number of fused-ring (bicyclic) bond motifs is 1. The molecule has 34 heavy (non-hydrogen) atoms. The van der Waals surface area contributed by atoms with Gasteiger partial charge in [-0.25, -0.2) is 4.98 Å². The molecule has 1 saturated carbocycles. The first-order chi connectivity index (χ1) is 16.3. The molecule has 2 aromatic heterocycles. The number of hydrogen-bond donors (Lipinski definition) is 1. The highest BCUT2D eigenvalue weighted by atomic mass is 19.4. The third-order valence-electron chi connectivity index (χ3n) is 6.85. The van der Waals surface area contributed by atoms with E-state index in [1.807, 2.05) is 6.07 Å².